The fourth-order valence-electron chi connectivity index (χ4n) is 7.01. The van der Waals surface area contributed by atoms with Gasteiger partial charge in [-0.05, 0) is 142 Å². The standard InChI is InChI=1S/C42H32N2/c1-3-7-35(8-4-1)43(37-19-17-29-11-13-31(29)25-37)39-21-23-41-33(27-39)15-16-34-28-40(22-24-42(34)41)44(36-9-5-2-6-10-36)38-20-18-30-12-14-32(30)26-38/h1-10,15-28H,11-14H2. The van der Waals surface area contributed by atoms with Crippen LogP contribution in [0.2, 0.25) is 0 Å². The number of hydrogen-bond donors (Lipinski definition) is 0. The van der Waals surface area contributed by atoms with Crippen LogP contribution in [0.15, 0.2) is 146 Å². The summed E-state index contributed by atoms with van der Waals surface area (Å²) in [5, 5.41) is 5.04. The van der Waals surface area contributed by atoms with Crippen molar-refractivity contribution in [3.8, 4) is 0 Å². The number of hydrogen-bond acceptors (Lipinski definition) is 2. The maximum atomic E-state index is 2.39. The van der Waals surface area contributed by atoms with Crippen molar-refractivity contribution < 1.29 is 0 Å². The van der Waals surface area contributed by atoms with E-state index in [1.165, 1.54) is 104 Å². The maximum absolute atomic E-state index is 2.39. The molecule has 2 aliphatic carbocycles. The van der Waals surface area contributed by atoms with Crippen molar-refractivity contribution in [3.63, 3.8) is 0 Å². The van der Waals surface area contributed by atoms with Gasteiger partial charge in [0.05, 0.1) is 0 Å². The lowest BCUT2D eigenvalue weighted by molar-refractivity contribution is 0.839. The number of benzene rings is 7. The van der Waals surface area contributed by atoms with Crippen LogP contribution in [0.25, 0.3) is 21.5 Å². The smallest absolute Gasteiger partial charge is 0.0468 e. The summed E-state index contributed by atoms with van der Waals surface area (Å²) in [5.74, 6) is 0. The van der Waals surface area contributed by atoms with Crippen molar-refractivity contribution in [2.24, 2.45) is 0 Å². The molecule has 0 saturated carbocycles. The first-order chi connectivity index (χ1) is 21.8. The fraction of sp³-hybridized carbons (Fsp3) is 0.0952. The Hall–Kier alpha value is -5.34. The molecule has 2 nitrogen and oxygen atoms in total. The Morgan fingerprint density at radius 2 is 0.682 bits per heavy atom. The summed E-state index contributed by atoms with van der Waals surface area (Å²) >= 11 is 0. The normalized spacial score (nSPS) is 13.1. The Bertz CT molecular complexity index is 2020. The molecule has 0 unspecified atom stereocenters. The van der Waals surface area contributed by atoms with Gasteiger partial charge in [-0.1, -0.05) is 72.8 Å². The first-order valence-electron chi connectivity index (χ1n) is 15.7. The molecule has 0 bridgehead atoms. The molecule has 2 heteroatoms. The molecule has 0 aromatic heterocycles. The van der Waals surface area contributed by atoms with Crippen molar-refractivity contribution in [3.05, 3.63) is 168 Å². The van der Waals surface area contributed by atoms with E-state index in [1.807, 2.05) is 0 Å². The van der Waals surface area contributed by atoms with Gasteiger partial charge in [0, 0.05) is 34.1 Å². The van der Waals surface area contributed by atoms with Gasteiger partial charge in [-0.2, -0.15) is 0 Å². The topological polar surface area (TPSA) is 6.48 Å². The molecule has 210 valence electrons. The van der Waals surface area contributed by atoms with E-state index in [2.05, 4.69) is 155 Å². The molecule has 7 aromatic carbocycles. The lowest BCUT2D eigenvalue weighted by atomic mass is 9.88. The van der Waals surface area contributed by atoms with Gasteiger partial charge in [-0.15, -0.1) is 0 Å². The molecule has 0 aliphatic heterocycles. The molecule has 0 N–H and O–H groups in total. The zero-order valence-electron chi connectivity index (χ0n) is 24.6. The summed E-state index contributed by atoms with van der Waals surface area (Å²) < 4.78 is 0. The number of nitrogens with zero attached hydrogens (tertiary/aromatic N) is 2. The number of aryl methyl sites for hydroxylation is 4. The number of fused-ring (bicyclic) bond motifs is 5. The van der Waals surface area contributed by atoms with E-state index in [0.717, 1.165) is 0 Å². The van der Waals surface area contributed by atoms with Gasteiger partial charge in [0.1, 0.15) is 0 Å². The summed E-state index contributed by atoms with van der Waals surface area (Å²) in [6, 6.07) is 53.7. The molecule has 7 aromatic rings. The van der Waals surface area contributed by atoms with E-state index in [1.54, 1.807) is 0 Å². The second-order valence-corrected chi connectivity index (χ2v) is 12.1. The highest BCUT2D eigenvalue weighted by Gasteiger charge is 2.20. The van der Waals surface area contributed by atoms with Crippen LogP contribution in [0, 0.1) is 0 Å². The molecular formula is C42H32N2. The number of rotatable bonds is 6. The lowest BCUT2D eigenvalue weighted by Gasteiger charge is -2.29. The summed E-state index contributed by atoms with van der Waals surface area (Å²) in [4.78, 5) is 4.77. The van der Waals surface area contributed by atoms with Crippen molar-refractivity contribution in [2.45, 2.75) is 25.7 Å². The molecule has 9 rings (SSSR count). The lowest BCUT2D eigenvalue weighted by Crippen LogP contribution is -2.14. The van der Waals surface area contributed by atoms with Crippen LogP contribution in [-0.4, -0.2) is 0 Å². The molecule has 0 fully saturated rings. The van der Waals surface area contributed by atoms with Crippen molar-refractivity contribution in [2.75, 3.05) is 9.80 Å². The van der Waals surface area contributed by atoms with Crippen LogP contribution < -0.4 is 9.80 Å². The monoisotopic (exact) mass is 564 g/mol. The van der Waals surface area contributed by atoms with E-state index >= 15 is 0 Å². The van der Waals surface area contributed by atoms with Gasteiger partial charge in [0.2, 0.25) is 0 Å². The minimum atomic E-state index is 1.17. The molecule has 0 spiro atoms. The van der Waals surface area contributed by atoms with Gasteiger partial charge < -0.3 is 9.80 Å². The zero-order valence-corrected chi connectivity index (χ0v) is 24.6. The molecule has 0 atom stereocenters. The van der Waals surface area contributed by atoms with E-state index < -0.39 is 0 Å². The number of anilines is 6. The summed E-state index contributed by atoms with van der Waals surface area (Å²) in [7, 11) is 0. The second-order valence-electron chi connectivity index (χ2n) is 12.1. The zero-order chi connectivity index (χ0) is 29.0. The maximum Gasteiger partial charge on any atom is 0.0468 e. The van der Waals surface area contributed by atoms with E-state index in [9.17, 15) is 0 Å². The third kappa shape index (κ3) is 4.18. The van der Waals surface area contributed by atoms with Crippen LogP contribution in [0.4, 0.5) is 34.1 Å². The highest BCUT2D eigenvalue weighted by Crippen LogP contribution is 2.42. The molecule has 0 amide bonds. The molecule has 0 radical (unpaired) electrons. The third-order valence-electron chi connectivity index (χ3n) is 9.57. The molecule has 44 heavy (non-hydrogen) atoms. The Morgan fingerprint density at radius 3 is 1.07 bits per heavy atom. The predicted octanol–water partition coefficient (Wildman–Crippen LogP) is 11.1. The van der Waals surface area contributed by atoms with Crippen LogP contribution >= 0.6 is 0 Å². The van der Waals surface area contributed by atoms with Gasteiger partial charge >= 0.3 is 0 Å². The average molecular weight is 565 g/mol. The largest absolute Gasteiger partial charge is 0.310 e. The van der Waals surface area contributed by atoms with Gasteiger partial charge in [0.15, 0.2) is 0 Å². The van der Waals surface area contributed by atoms with Crippen molar-refractivity contribution >= 4 is 55.7 Å². The quantitative estimate of drug-likeness (QED) is 0.185. The highest BCUT2D eigenvalue weighted by atomic mass is 15.1. The van der Waals surface area contributed by atoms with Gasteiger partial charge in [-0.3, -0.25) is 0 Å². The van der Waals surface area contributed by atoms with Crippen LogP contribution in [0.3, 0.4) is 0 Å². The minimum Gasteiger partial charge on any atom is -0.310 e. The molecule has 0 heterocycles. The van der Waals surface area contributed by atoms with Crippen molar-refractivity contribution in [1.29, 1.82) is 0 Å². The van der Waals surface area contributed by atoms with E-state index in [0.29, 0.717) is 0 Å². The average Bonchev–Trinajstić information content (AvgIpc) is 3.04. The fourth-order valence-corrected chi connectivity index (χ4v) is 7.01. The molecule has 2 aliphatic rings. The Kier molecular flexibility index (Phi) is 5.80. The van der Waals surface area contributed by atoms with E-state index in [4.69, 9.17) is 0 Å². The third-order valence-corrected chi connectivity index (χ3v) is 9.57. The minimum absolute atomic E-state index is 1.17. The number of para-hydroxylation sites is 2. The SMILES string of the molecule is c1ccc(N(c2ccc3c(c2)CC3)c2ccc3c(ccc4cc(N(c5ccccc5)c5ccc6c(c5)CC6)ccc43)c2)cc1. The van der Waals surface area contributed by atoms with Crippen LogP contribution in [-0.2, 0) is 25.7 Å². The van der Waals surface area contributed by atoms with Crippen LogP contribution in [0.1, 0.15) is 22.3 Å². The van der Waals surface area contributed by atoms with Gasteiger partial charge in [-0.25, -0.2) is 0 Å². The first kappa shape index (κ1) is 25.2. The Balaban J connectivity index is 1.14. The molecule has 0 saturated heterocycles. The van der Waals surface area contributed by atoms with Gasteiger partial charge in [0.25, 0.3) is 0 Å². The van der Waals surface area contributed by atoms with Crippen LogP contribution in [0.5, 0.6) is 0 Å². The highest BCUT2D eigenvalue weighted by molar-refractivity contribution is 6.09. The van der Waals surface area contributed by atoms with Crippen molar-refractivity contribution in [1.82, 2.24) is 0 Å². The molecular weight excluding hydrogens is 532 g/mol. The first-order valence-corrected chi connectivity index (χ1v) is 15.7. The van der Waals surface area contributed by atoms with E-state index in [-0.39, 0.29) is 0 Å². The second kappa shape index (κ2) is 10.1. The summed E-state index contributed by atoms with van der Waals surface area (Å²) in [5.41, 5.74) is 13.1. The predicted molar refractivity (Wildman–Crippen MR) is 186 cm³/mol. The summed E-state index contributed by atoms with van der Waals surface area (Å²) in [6.45, 7) is 0. The summed E-state index contributed by atoms with van der Waals surface area (Å²) in [6.07, 6.45) is 4.74. The Morgan fingerprint density at radius 1 is 0.295 bits per heavy atom. The Labute approximate surface area is 258 Å².